The first kappa shape index (κ1) is 14.9. The maximum Gasteiger partial charge on any atom is 0.155 e. The van der Waals surface area contributed by atoms with E-state index in [-0.39, 0.29) is 0 Å². The van der Waals surface area contributed by atoms with Gasteiger partial charge in [0.25, 0.3) is 0 Å². The molecule has 21 heavy (non-hydrogen) atoms. The fraction of sp³-hybridized carbons (Fsp3) is 0.600. The zero-order valence-electron chi connectivity index (χ0n) is 12.0. The standard InChI is InChI=1S/C15H21BrN4O/c16-14-9-20-13(7-19-15(20)8-18-14)6-17-5-11-3-1-2-4-12(11)10-21/h7-9,11-12,17,21H,1-6,10H2. The third-order valence-electron chi connectivity index (χ3n) is 4.45. The van der Waals surface area contributed by atoms with E-state index in [1.165, 1.54) is 19.3 Å². The van der Waals surface area contributed by atoms with Gasteiger partial charge in [-0.3, -0.25) is 4.40 Å². The lowest BCUT2D eigenvalue weighted by Gasteiger charge is -2.30. The summed E-state index contributed by atoms with van der Waals surface area (Å²) in [4.78, 5) is 8.54. The van der Waals surface area contributed by atoms with Gasteiger partial charge >= 0.3 is 0 Å². The van der Waals surface area contributed by atoms with Gasteiger partial charge in [-0.05, 0) is 47.2 Å². The van der Waals surface area contributed by atoms with Gasteiger partial charge in [0.1, 0.15) is 4.60 Å². The number of rotatable bonds is 5. The van der Waals surface area contributed by atoms with Gasteiger partial charge in [0.05, 0.1) is 18.1 Å². The minimum atomic E-state index is 0.320. The molecule has 1 aliphatic rings. The first-order valence-electron chi connectivity index (χ1n) is 7.57. The van der Waals surface area contributed by atoms with Gasteiger partial charge in [-0.15, -0.1) is 0 Å². The second kappa shape index (κ2) is 6.85. The molecule has 0 amide bonds. The molecule has 2 unspecified atom stereocenters. The molecule has 2 aromatic rings. The van der Waals surface area contributed by atoms with Crippen LogP contribution in [0.1, 0.15) is 31.4 Å². The highest BCUT2D eigenvalue weighted by molar-refractivity contribution is 9.10. The molecular weight excluding hydrogens is 332 g/mol. The lowest BCUT2D eigenvalue weighted by atomic mass is 9.79. The molecule has 6 heteroatoms. The van der Waals surface area contributed by atoms with E-state index in [1.54, 1.807) is 6.20 Å². The zero-order chi connectivity index (χ0) is 14.7. The predicted octanol–water partition coefficient (Wildman–Crippen LogP) is 2.38. The number of nitrogens with one attached hydrogen (secondary N) is 1. The third kappa shape index (κ3) is 3.44. The topological polar surface area (TPSA) is 62.5 Å². The lowest BCUT2D eigenvalue weighted by molar-refractivity contribution is 0.133. The highest BCUT2D eigenvalue weighted by Crippen LogP contribution is 2.29. The summed E-state index contributed by atoms with van der Waals surface area (Å²) >= 11 is 3.39. The van der Waals surface area contributed by atoms with Crippen molar-refractivity contribution in [2.24, 2.45) is 11.8 Å². The Hall–Kier alpha value is -0.980. The maximum absolute atomic E-state index is 9.46. The van der Waals surface area contributed by atoms with Gasteiger partial charge in [-0.1, -0.05) is 12.8 Å². The van der Waals surface area contributed by atoms with E-state index in [0.29, 0.717) is 18.4 Å². The van der Waals surface area contributed by atoms with Crippen molar-refractivity contribution in [2.45, 2.75) is 32.2 Å². The van der Waals surface area contributed by atoms with Crippen LogP contribution in [0.15, 0.2) is 23.2 Å². The number of aliphatic hydroxyl groups is 1. The fourth-order valence-electron chi connectivity index (χ4n) is 3.23. The summed E-state index contributed by atoms with van der Waals surface area (Å²) in [5.74, 6) is 1.06. The number of hydrogen-bond acceptors (Lipinski definition) is 4. The molecule has 2 N–H and O–H groups in total. The molecule has 1 fully saturated rings. The number of nitrogens with zero attached hydrogens (tertiary/aromatic N) is 3. The molecule has 2 heterocycles. The van der Waals surface area contributed by atoms with Crippen molar-refractivity contribution in [3.63, 3.8) is 0 Å². The Morgan fingerprint density at radius 2 is 2.05 bits per heavy atom. The fourth-order valence-corrected chi connectivity index (χ4v) is 3.53. The Morgan fingerprint density at radius 1 is 1.24 bits per heavy atom. The molecule has 1 saturated carbocycles. The van der Waals surface area contributed by atoms with Gasteiger partial charge in [-0.25, -0.2) is 9.97 Å². The smallest absolute Gasteiger partial charge is 0.155 e. The van der Waals surface area contributed by atoms with Crippen molar-refractivity contribution >= 4 is 21.6 Å². The molecule has 3 rings (SSSR count). The number of fused-ring (bicyclic) bond motifs is 1. The molecule has 0 spiro atoms. The van der Waals surface area contributed by atoms with Crippen LogP contribution in [0.4, 0.5) is 0 Å². The van der Waals surface area contributed by atoms with Crippen LogP contribution in [0.2, 0.25) is 0 Å². The SMILES string of the molecule is OCC1CCCCC1CNCc1cnc2cnc(Br)cn12. The number of aromatic nitrogens is 3. The van der Waals surface area contributed by atoms with E-state index in [2.05, 4.69) is 35.6 Å². The Balaban J connectivity index is 1.60. The van der Waals surface area contributed by atoms with Crippen LogP contribution in [0, 0.1) is 11.8 Å². The zero-order valence-corrected chi connectivity index (χ0v) is 13.6. The van der Waals surface area contributed by atoms with Crippen LogP contribution >= 0.6 is 15.9 Å². The predicted molar refractivity (Wildman–Crippen MR) is 84.9 cm³/mol. The Kier molecular flexibility index (Phi) is 4.87. The van der Waals surface area contributed by atoms with Crippen molar-refractivity contribution in [3.8, 4) is 0 Å². The summed E-state index contributed by atoms with van der Waals surface area (Å²) in [6.45, 7) is 2.07. The molecular formula is C15H21BrN4O. The summed E-state index contributed by atoms with van der Waals surface area (Å²) in [6, 6.07) is 0. The molecule has 0 bridgehead atoms. The van der Waals surface area contributed by atoms with E-state index in [1.807, 2.05) is 12.4 Å². The van der Waals surface area contributed by atoms with E-state index in [9.17, 15) is 5.11 Å². The number of imidazole rings is 1. The maximum atomic E-state index is 9.46. The first-order valence-corrected chi connectivity index (χ1v) is 8.36. The van der Waals surface area contributed by atoms with Gasteiger partial charge < -0.3 is 10.4 Å². The van der Waals surface area contributed by atoms with Crippen LogP contribution < -0.4 is 5.32 Å². The summed E-state index contributed by atoms with van der Waals surface area (Å²) in [6.07, 6.45) is 10.5. The quantitative estimate of drug-likeness (QED) is 0.867. The van der Waals surface area contributed by atoms with Gasteiger partial charge in [0.2, 0.25) is 0 Å². The number of halogens is 1. The van der Waals surface area contributed by atoms with E-state index in [4.69, 9.17) is 0 Å². The molecule has 0 aromatic carbocycles. The average Bonchev–Trinajstić information content (AvgIpc) is 2.90. The van der Waals surface area contributed by atoms with Crippen LogP contribution in [0.5, 0.6) is 0 Å². The van der Waals surface area contributed by atoms with Crippen LogP contribution in [-0.4, -0.2) is 32.6 Å². The van der Waals surface area contributed by atoms with Crippen LogP contribution in [0.3, 0.4) is 0 Å². The molecule has 2 atom stereocenters. The van der Waals surface area contributed by atoms with Crippen molar-refractivity contribution < 1.29 is 5.11 Å². The van der Waals surface area contributed by atoms with E-state index in [0.717, 1.165) is 35.5 Å². The monoisotopic (exact) mass is 352 g/mol. The average molecular weight is 353 g/mol. The largest absolute Gasteiger partial charge is 0.396 e. The molecule has 0 aliphatic heterocycles. The summed E-state index contributed by atoms with van der Waals surface area (Å²) < 4.78 is 2.86. The number of aliphatic hydroxyl groups excluding tert-OH is 1. The van der Waals surface area contributed by atoms with Crippen molar-refractivity contribution in [3.05, 3.63) is 28.9 Å². The molecule has 0 saturated heterocycles. The Morgan fingerprint density at radius 3 is 2.86 bits per heavy atom. The minimum Gasteiger partial charge on any atom is -0.396 e. The van der Waals surface area contributed by atoms with Gasteiger partial charge in [0.15, 0.2) is 5.65 Å². The normalized spacial score (nSPS) is 22.8. The third-order valence-corrected chi connectivity index (χ3v) is 4.86. The lowest BCUT2D eigenvalue weighted by Crippen LogP contribution is -2.32. The second-order valence-corrected chi connectivity index (χ2v) is 6.62. The van der Waals surface area contributed by atoms with Crippen molar-refractivity contribution in [2.75, 3.05) is 13.2 Å². The van der Waals surface area contributed by atoms with Crippen LogP contribution in [-0.2, 0) is 6.54 Å². The molecule has 2 aromatic heterocycles. The van der Waals surface area contributed by atoms with Crippen molar-refractivity contribution in [1.29, 1.82) is 0 Å². The van der Waals surface area contributed by atoms with Gasteiger partial charge in [0, 0.05) is 19.3 Å². The van der Waals surface area contributed by atoms with Crippen LogP contribution in [0.25, 0.3) is 5.65 Å². The number of hydrogen-bond donors (Lipinski definition) is 2. The van der Waals surface area contributed by atoms with E-state index >= 15 is 0 Å². The molecule has 0 radical (unpaired) electrons. The molecule has 114 valence electrons. The highest BCUT2D eigenvalue weighted by atomic mass is 79.9. The molecule has 5 nitrogen and oxygen atoms in total. The molecule has 1 aliphatic carbocycles. The Labute approximate surface area is 132 Å². The van der Waals surface area contributed by atoms with E-state index < -0.39 is 0 Å². The summed E-state index contributed by atoms with van der Waals surface area (Å²) in [5.41, 5.74) is 1.99. The van der Waals surface area contributed by atoms with Gasteiger partial charge in [-0.2, -0.15) is 0 Å². The summed E-state index contributed by atoms with van der Waals surface area (Å²) in [7, 11) is 0. The first-order chi connectivity index (χ1) is 10.3. The second-order valence-electron chi connectivity index (χ2n) is 5.81. The minimum absolute atomic E-state index is 0.320. The highest BCUT2D eigenvalue weighted by Gasteiger charge is 2.23. The van der Waals surface area contributed by atoms with Crippen molar-refractivity contribution in [1.82, 2.24) is 19.7 Å². The summed E-state index contributed by atoms with van der Waals surface area (Å²) in [5, 5.41) is 13.0. The Bertz CT molecular complexity index is 600.